The van der Waals surface area contributed by atoms with Crippen LogP contribution in [0.1, 0.15) is 80.2 Å². The highest BCUT2D eigenvalue weighted by atomic mass is 16.2. The Kier molecular flexibility index (Phi) is 62.2. The highest BCUT2D eigenvalue weighted by molar-refractivity contribution is 5.74. The van der Waals surface area contributed by atoms with Gasteiger partial charge < -0.3 is 76.0 Å². The number of urea groups is 3. The molecule has 6 N–H and O–H groups in total. The van der Waals surface area contributed by atoms with E-state index >= 15 is 0 Å². The van der Waals surface area contributed by atoms with Crippen LogP contribution in [0, 0.1) is 0 Å². The smallest absolute Gasteiger partial charge is 0.317 e. The van der Waals surface area contributed by atoms with Gasteiger partial charge in [0.05, 0.1) is 0 Å². The van der Waals surface area contributed by atoms with Crippen LogP contribution in [0.4, 0.5) is 14.4 Å². The second-order valence-electron chi connectivity index (χ2n) is 15.1. The molecule has 0 unspecified atom stereocenters. The van der Waals surface area contributed by atoms with Crippen LogP contribution in [0.25, 0.3) is 0 Å². The van der Waals surface area contributed by atoms with E-state index in [0.717, 1.165) is 98.2 Å². The van der Waals surface area contributed by atoms with Crippen LogP contribution in [0.2, 0.25) is 0 Å². The first-order valence-corrected chi connectivity index (χ1v) is 21.8. The maximum Gasteiger partial charge on any atom is 0.317 e. The molecule has 0 aromatic heterocycles. The molecule has 6 aliphatic rings. The van der Waals surface area contributed by atoms with E-state index in [0.29, 0.717) is 0 Å². The van der Waals surface area contributed by atoms with Gasteiger partial charge in [0.2, 0.25) is 0 Å². The Morgan fingerprint density at radius 2 is 0.554 bits per heavy atom. The van der Waals surface area contributed by atoms with Crippen molar-refractivity contribution in [2.24, 2.45) is 0 Å². The Morgan fingerprint density at radius 3 is 0.815 bits per heavy atom. The lowest BCUT2D eigenvalue weighted by Crippen LogP contribution is -2.50. The molecular formula is C47H119N15O3. The summed E-state index contributed by atoms with van der Waals surface area (Å²) < 4.78 is 0. The average Bonchev–Trinajstić information content (AvgIpc) is 3.28. The zero-order chi connectivity index (χ0) is 42.3. The van der Waals surface area contributed by atoms with Crippen molar-refractivity contribution >= 4 is 18.1 Å². The van der Waals surface area contributed by atoms with Crippen molar-refractivity contribution in [1.82, 2.24) is 76.0 Å². The van der Waals surface area contributed by atoms with E-state index in [9.17, 15) is 14.4 Å². The van der Waals surface area contributed by atoms with Crippen molar-refractivity contribution < 1.29 is 14.4 Å². The molecule has 0 spiro atoms. The summed E-state index contributed by atoms with van der Waals surface area (Å²) in [5.41, 5.74) is 0. The number of carbonyl (C=O) groups is 3. The Morgan fingerprint density at radius 1 is 0.338 bits per heavy atom. The SMILES string of the molecule is C.C.C.C.C.C.C.C.CCN1CCN(C(=O)NC)CC1.CCN1CCN(C)CC1.CCN1CCNCC1.CN1CCNCC1.CNC(=O)N1CCN(C)CC1.CNC(=O)N1CCNCC1. The first-order chi connectivity index (χ1) is 27.5. The molecule has 0 radical (unpaired) electrons. The van der Waals surface area contributed by atoms with Crippen LogP contribution in [0.5, 0.6) is 0 Å². The molecule has 6 heterocycles. The first-order valence-electron chi connectivity index (χ1n) is 21.8. The lowest BCUT2D eigenvalue weighted by molar-refractivity contribution is 0.144. The summed E-state index contributed by atoms with van der Waals surface area (Å²) in [7, 11) is 11.4. The molecule has 18 heteroatoms. The molecular weight excluding hydrogens is 823 g/mol. The number of hydrogen-bond donors (Lipinski definition) is 6. The van der Waals surface area contributed by atoms with Gasteiger partial charge in [-0.2, -0.15) is 0 Å². The third kappa shape index (κ3) is 38.2. The summed E-state index contributed by atoms with van der Waals surface area (Å²) in [5.74, 6) is 0. The van der Waals surface area contributed by atoms with E-state index in [1.807, 2.05) is 9.80 Å². The van der Waals surface area contributed by atoms with Crippen LogP contribution < -0.4 is 31.9 Å². The van der Waals surface area contributed by atoms with Gasteiger partial charge in [0.1, 0.15) is 0 Å². The van der Waals surface area contributed by atoms with Crippen LogP contribution in [-0.2, 0) is 0 Å². The number of hydrogen-bond acceptors (Lipinski definition) is 12. The number of rotatable bonds is 3. The number of piperazine rings is 6. The maximum atomic E-state index is 11.2. The predicted molar refractivity (Wildman–Crippen MR) is 289 cm³/mol. The fraction of sp³-hybridized carbons (Fsp3) is 0.936. The van der Waals surface area contributed by atoms with Gasteiger partial charge in [-0.15, -0.1) is 0 Å². The van der Waals surface area contributed by atoms with Crippen LogP contribution in [0.15, 0.2) is 0 Å². The highest BCUT2D eigenvalue weighted by Crippen LogP contribution is 2.01. The van der Waals surface area contributed by atoms with Crippen molar-refractivity contribution in [3.63, 3.8) is 0 Å². The lowest BCUT2D eigenvalue weighted by Gasteiger charge is -2.33. The van der Waals surface area contributed by atoms with E-state index in [1.54, 1.807) is 26.0 Å². The minimum Gasteiger partial charge on any atom is -0.341 e. The molecule has 65 heavy (non-hydrogen) atoms. The van der Waals surface area contributed by atoms with E-state index in [2.05, 4.69) is 103 Å². The standard InChI is InChI=1S/C8H17N3O.C7H15N3O.C7H16N2.C6H13N3O.C6H14N2.C5H12N2.8CH4/c1-3-10-4-6-11(7-5-10)8(12)9-2;1-8-7(11)10-5-3-9(2)4-6-10;1-3-9-6-4-8(2)5-7-9;1-7-6(10)9-4-2-8-3-5-9;1-2-8-5-3-7-4-6-8;1-7-4-2-6-3-5-7;;;;;;;;/h3-7H2,1-2H3,(H,9,12);3-6H2,1-2H3,(H,8,11);3-7H2,1-2H3;8H,2-5H2,1H3,(H,7,10);7H,2-6H2,1H3;6H,2-5H2,1H3;8*1H4. The summed E-state index contributed by atoms with van der Waals surface area (Å²) in [6, 6.07) is 0.116. The minimum absolute atomic E-state index is 0. The monoisotopic (exact) mass is 942 g/mol. The van der Waals surface area contributed by atoms with Gasteiger partial charge in [-0.05, 0) is 40.8 Å². The molecule has 0 saturated carbocycles. The second kappa shape index (κ2) is 50.9. The Labute approximate surface area is 406 Å². The summed E-state index contributed by atoms with van der Waals surface area (Å²) in [6.45, 7) is 35.5. The van der Waals surface area contributed by atoms with Gasteiger partial charge in [0, 0.05) is 178 Å². The van der Waals surface area contributed by atoms with Gasteiger partial charge in [0.15, 0.2) is 0 Å². The topological polar surface area (TPSA) is 153 Å². The molecule has 6 amide bonds. The number of amides is 6. The molecule has 6 fully saturated rings. The Bertz CT molecular complexity index is 994. The van der Waals surface area contributed by atoms with Gasteiger partial charge in [-0.3, -0.25) is 0 Å². The minimum atomic E-state index is 0. The molecule has 0 aromatic rings. The molecule has 0 bridgehead atoms. The fourth-order valence-corrected chi connectivity index (χ4v) is 6.59. The largest absolute Gasteiger partial charge is 0.341 e. The van der Waals surface area contributed by atoms with Crippen LogP contribution >= 0.6 is 0 Å². The summed E-state index contributed by atoms with van der Waals surface area (Å²) in [6.07, 6.45) is 0. The molecule has 6 aliphatic heterocycles. The Hall–Kier alpha value is -2.55. The van der Waals surface area contributed by atoms with Crippen LogP contribution in [-0.4, -0.2) is 281 Å². The molecule has 6 rings (SSSR count). The zero-order valence-corrected chi connectivity index (χ0v) is 37.8. The van der Waals surface area contributed by atoms with E-state index in [4.69, 9.17) is 0 Å². The lowest BCUT2D eigenvalue weighted by atomic mass is 10.3. The van der Waals surface area contributed by atoms with E-state index in [-0.39, 0.29) is 77.5 Å². The normalized spacial score (nSPS) is 18.9. The highest BCUT2D eigenvalue weighted by Gasteiger charge is 2.19. The zero-order valence-electron chi connectivity index (χ0n) is 37.8. The van der Waals surface area contributed by atoms with Crippen molar-refractivity contribution in [2.75, 3.05) is 219 Å². The molecule has 0 aliphatic carbocycles. The molecule has 18 nitrogen and oxygen atoms in total. The summed E-state index contributed by atoms with van der Waals surface area (Å²) in [5, 5.41) is 17.6. The average molecular weight is 943 g/mol. The summed E-state index contributed by atoms with van der Waals surface area (Å²) >= 11 is 0. The van der Waals surface area contributed by atoms with E-state index in [1.165, 1.54) is 78.5 Å². The first kappa shape index (κ1) is 79.5. The second-order valence-corrected chi connectivity index (χ2v) is 15.1. The van der Waals surface area contributed by atoms with E-state index < -0.39 is 0 Å². The van der Waals surface area contributed by atoms with Gasteiger partial charge in [-0.25, -0.2) is 14.4 Å². The third-order valence-electron chi connectivity index (χ3n) is 11.0. The quantitative estimate of drug-likeness (QED) is 0.246. The number of carbonyl (C=O) groups excluding carboxylic acids is 3. The Balaban J connectivity index is -0.0000000982. The van der Waals surface area contributed by atoms with Crippen molar-refractivity contribution in [1.29, 1.82) is 0 Å². The van der Waals surface area contributed by atoms with Gasteiger partial charge in [0.25, 0.3) is 0 Å². The van der Waals surface area contributed by atoms with Gasteiger partial charge in [-0.1, -0.05) is 80.2 Å². The van der Waals surface area contributed by atoms with Crippen molar-refractivity contribution in [3.8, 4) is 0 Å². The summed E-state index contributed by atoms with van der Waals surface area (Å²) in [4.78, 5) is 52.9. The van der Waals surface area contributed by atoms with Crippen LogP contribution in [0.3, 0.4) is 0 Å². The number of nitrogens with one attached hydrogen (secondary N) is 6. The molecule has 6 saturated heterocycles. The van der Waals surface area contributed by atoms with Crippen molar-refractivity contribution in [2.45, 2.75) is 80.2 Å². The van der Waals surface area contributed by atoms with Crippen molar-refractivity contribution in [3.05, 3.63) is 0 Å². The molecule has 0 atom stereocenters. The third-order valence-corrected chi connectivity index (χ3v) is 11.0. The fourth-order valence-electron chi connectivity index (χ4n) is 6.59. The molecule has 0 aromatic carbocycles. The number of nitrogens with zero attached hydrogens (tertiary/aromatic N) is 9. The number of likely N-dealkylation sites (N-methyl/N-ethyl adjacent to an activating group) is 6. The predicted octanol–water partition coefficient (Wildman–Crippen LogP) is 3.54. The van der Waals surface area contributed by atoms with Gasteiger partial charge >= 0.3 is 18.1 Å². The maximum absolute atomic E-state index is 11.2. The molecule has 400 valence electrons.